The summed E-state index contributed by atoms with van der Waals surface area (Å²) in [6.07, 6.45) is 2.20. The van der Waals surface area contributed by atoms with E-state index in [1.807, 2.05) is 6.07 Å². The topological polar surface area (TPSA) is 20.2 Å². The van der Waals surface area contributed by atoms with Gasteiger partial charge in [-0.3, -0.25) is 0 Å². The summed E-state index contributed by atoms with van der Waals surface area (Å²) in [4.78, 5) is 0. The Balaban J connectivity index is 2.39. The molecule has 0 bridgehead atoms. The molecule has 1 aliphatic heterocycles. The van der Waals surface area contributed by atoms with Crippen LogP contribution in [0.15, 0.2) is 12.1 Å². The number of aromatic hydroxyl groups is 1. The highest BCUT2D eigenvalue weighted by Gasteiger charge is 2.48. The van der Waals surface area contributed by atoms with Crippen LogP contribution < -0.4 is 5.46 Å². The molecule has 1 aliphatic rings. The molecule has 0 aliphatic carbocycles. The predicted molar refractivity (Wildman–Crippen MR) is 80.7 cm³/mol. The van der Waals surface area contributed by atoms with Crippen LogP contribution in [-0.2, 0) is 0 Å². The maximum atomic E-state index is 9.56. The summed E-state index contributed by atoms with van der Waals surface area (Å²) in [7, 11) is 0. The van der Waals surface area contributed by atoms with Gasteiger partial charge in [-0.15, -0.1) is 0 Å². The Morgan fingerprint density at radius 2 is 1.50 bits per heavy atom. The number of hydrogen-bond donors (Lipinski definition) is 1. The minimum absolute atomic E-state index is 0.0573. The molecule has 1 heterocycles. The second kappa shape index (κ2) is 4.35. The normalized spacial score (nSPS) is 21.3. The summed E-state index contributed by atoms with van der Waals surface area (Å²) in [5, 5.41) is 10.3. The van der Waals surface area contributed by atoms with Crippen LogP contribution in [0.1, 0.15) is 27.7 Å². The highest BCUT2D eigenvalue weighted by atomic mass is 35.5. The maximum absolute atomic E-state index is 9.56. The molecule has 1 nitrogen and oxygen atoms in total. The highest BCUT2D eigenvalue weighted by Crippen LogP contribution is 2.53. The molecule has 1 aromatic carbocycles. The molecule has 4 heteroatoms. The molecule has 0 unspecified atom stereocenters. The van der Waals surface area contributed by atoms with E-state index in [1.54, 1.807) is 6.07 Å². The third-order valence-electron chi connectivity index (χ3n) is 4.88. The molecule has 1 aromatic rings. The van der Waals surface area contributed by atoms with Crippen molar-refractivity contribution in [3.63, 3.8) is 0 Å². The molecule has 2 rings (SSSR count). The van der Waals surface area contributed by atoms with Crippen molar-refractivity contribution in [3.8, 4) is 5.75 Å². The highest BCUT2D eigenvalue weighted by molar-refractivity contribution is 6.77. The Hall–Kier alpha value is -0.335. The van der Waals surface area contributed by atoms with E-state index in [2.05, 4.69) is 27.7 Å². The zero-order valence-corrected chi connectivity index (χ0v) is 12.9. The van der Waals surface area contributed by atoms with Gasteiger partial charge in [-0.1, -0.05) is 75.1 Å². The van der Waals surface area contributed by atoms with Gasteiger partial charge in [-0.05, 0) is 16.9 Å². The van der Waals surface area contributed by atoms with Gasteiger partial charge < -0.3 is 5.11 Å². The lowest BCUT2D eigenvalue weighted by atomic mass is 9.42. The van der Waals surface area contributed by atoms with Gasteiger partial charge in [0, 0.05) is 0 Å². The monoisotopic (exact) mass is 284 g/mol. The first-order valence-electron chi connectivity index (χ1n) is 6.32. The summed E-state index contributed by atoms with van der Waals surface area (Å²) >= 11 is 12.3. The SMILES string of the molecule is CC1(C)CB(c2ccc(O)c(Cl)c2Cl)CC1(C)C. The largest absolute Gasteiger partial charge is 0.506 e. The smallest absolute Gasteiger partial charge is 0.179 e. The third-order valence-corrected chi connectivity index (χ3v) is 5.76. The van der Waals surface area contributed by atoms with Crippen LogP contribution in [-0.4, -0.2) is 11.8 Å². The standard InChI is InChI=1S/C14H19BCl2O/c1-13(2)7-15(8-14(13,3)4)9-5-6-10(18)12(17)11(9)16/h5-6,18H,7-8H2,1-4H3. The Kier molecular flexibility index (Phi) is 3.40. The lowest BCUT2D eigenvalue weighted by molar-refractivity contribution is 0.177. The van der Waals surface area contributed by atoms with Crippen LogP contribution in [0.3, 0.4) is 0 Å². The van der Waals surface area contributed by atoms with Crippen molar-refractivity contribution in [1.82, 2.24) is 0 Å². The fourth-order valence-electron chi connectivity index (χ4n) is 2.95. The first-order chi connectivity index (χ1) is 8.16. The van der Waals surface area contributed by atoms with Crippen LogP contribution in [0, 0.1) is 10.8 Å². The van der Waals surface area contributed by atoms with Gasteiger partial charge in [-0.25, -0.2) is 0 Å². The van der Waals surface area contributed by atoms with E-state index in [-0.39, 0.29) is 21.6 Å². The van der Waals surface area contributed by atoms with E-state index < -0.39 is 0 Å². The Morgan fingerprint density at radius 1 is 1.00 bits per heavy atom. The van der Waals surface area contributed by atoms with Crippen molar-refractivity contribution in [2.75, 3.05) is 0 Å². The van der Waals surface area contributed by atoms with E-state index in [1.165, 1.54) is 0 Å². The quantitative estimate of drug-likeness (QED) is 0.755. The zero-order valence-electron chi connectivity index (χ0n) is 11.3. The van der Waals surface area contributed by atoms with E-state index >= 15 is 0 Å². The molecule has 0 amide bonds. The van der Waals surface area contributed by atoms with Crippen LogP contribution in [0.2, 0.25) is 22.7 Å². The molecule has 1 fully saturated rings. The molecule has 0 radical (unpaired) electrons. The van der Waals surface area contributed by atoms with Crippen LogP contribution >= 0.6 is 23.2 Å². The van der Waals surface area contributed by atoms with Gasteiger partial charge in [0.1, 0.15) is 10.8 Å². The minimum atomic E-state index is 0.0573. The first kappa shape index (κ1) is 14.1. The van der Waals surface area contributed by atoms with Crippen molar-refractivity contribution in [2.45, 2.75) is 40.3 Å². The Morgan fingerprint density at radius 3 is 2.00 bits per heavy atom. The van der Waals surface area contributed by atoms with Crippen LogP contribution in [0.25, 0.3) is 0 Å². The lowest BCUT2D eigenvalue weighted by Gasteiger charge is -2.35. The number of benzene rings is 1. The first-order valence-corrected chi connectivity index (χ1v) is 7.08. The molecule has 18 heavy (non-hydrogen) atoms. The second-order valence-electron chi connectivity index (χ2n) is 6.67. The third kappa shape index (κ3) is 2.14. The van der Waals surface area contributed by atoms with E-state index in [4.69, 9.17) is 23.2 Å². The summed E-state index contributed by atoms with van der Waals surface area (Å²) in [5.74, 6) is 0.0573. The molecule has 1 saturated heterocycles. The molecule has 1 N–H and O–H groups in total. The van der Waals surface area contributed by atoms with Gasteiger partial charge in [0.05, 0.1) is 5.02 Å². The summed E-state index contributed by atoms with van der Waals surface area (Å²) in [5.41, 5.74) is 1.63. The number of hydrogen-bond acceptors (Lipinski definition) is 1. The molecular weight excluding hydrogens is 266 g/mol. The van der Waals surface area contributed by atoms with Crippen molar-refractivity contribution in [2.24, 2.45) is 10.8 Å². The molecule has 0 saturated carbocycles. The Labute approximate surface area is 120 Å². The summed E-state index contributed by atoms with van der Waals surface area (Å²) in [6, 6.07) is 3.55. The molecular formula is C14H19BCl2O. The van der Waals surface area contributed by atoms with Crippen molar-refractivity contribution in [3.05, 3.63) is 22.2 Å². The fraction of sp³-hybridized carbons (Fsp3) is 0.571. The number of rotatable bonds is 1. The maximum Gasteiger partial charge on any atom is 0.179 e. The summed E-state index contributed by atoms with van der Waals surface area (Å²) in [6.45, 7) is 9.65. The Bertz CT molecular complexity index is 467. The van der Waals surface area contributed by atoms with E-state index in [0.717, 1.165) is 18.1 Å². The number of phenolic OH excluding ortho intramolecular Hbond substituents is 1. The summed E-state index contributed by atoms with van der Waals surface area (Å²) < 4.78 is 0. The second-order valence-corrected chi connectivity index (χ2v) is 7.43. The van der Waals surface area contributed by atoms with E-state index in [0.29, 0.717) is 11.7 Å². The predicted octanol–water partition coefficient (Wildman–Crippen LogP) is 4.47. The lowest BCUT2D eigenvalue weighted by Crippen LogP contribution is -2.29. The van der Waals surface area contributed by atoms with Gasteiger partial charge in [-0.2, -0.15) is 0 Å². The molecule has 98 valence electrons. The fourth-order valence-corrected chi connectivity index (χ4v) is 3.43. The average molecular weight is 285 g/mol. The van der Waals surface area contributed by atoms with Crippen LogP contribution in [0.4, 0.5) is 0 Å². The molecule has 0 aromatic heterocycles. The van der Waals surface area contributed by atoms with Gasteiger partial charge in [0.15, 0.2) is 6.71 Å². The van der Waals surface area contributed by atoms with Gasteiger partial charge >= 0.3 is 0 Å². The van der Waals surface area contributed by atoms with Crippen LogP contribution in [0.5, 0.6) is 5.75 Å². The zero-order chi connectivity index (χ0) is 13.7. The number of phenols is 1. The van der Waals surface area contributed by atoms with Crippen molar-refractivity contribution >= 4 is 35.4 Å². The van der Waals surface area contributed by atoms with Gasteiger partial charge in [0.2, 0.25) is 0 Å². The minimum Gasteiger partial charge on any atom is -0.506 e. The average Bonchev–Trinajstić information content (AvgIpc) is 2.45. The number of halogens is 2. The van der Waals surface area contributed by atoms with Crippen molar-refractivity contribution in [1.29, 1.82) is 0 Å². The van der Waals surface area contributed by atoms with Crippen molar-refractivity contribution < 1.29 is 5.11 Å². The van der Waals surface area contributed by atoms with Gasteiger partial charge in [0.25, 0.3) is 0 Å². The van der Waals surface area contributed by atoms with E-state index in [9.17, 15) is 5.11 Å². The molecule has 0 spiro atoms. The molecule has 0 atom stereocenters.